The van der Waals surface area contributed by atoms with Crippen LogP contribution in [0.25, 0.3) is 11.6 Å². The van der Waals surface area contributed by atoms with Gasteiger partial charge in [-0.05, 0) is 42.9 Å². The average molecular weight is 284 g/mol. The van der Waals surface area contributed by atoms with Crippen LogP contribution in [-0.4, -0.2) is 5.84 Å². The zero-order chi connectivity index (χ0) is 15.4. The van der Waals surface area contributed by atoms with Gasteiger partial charge < -0.3 is 5.73 Å². The number of halogens is 1. The van der Waals surface area contributed by atoms with Crippen LogP contribution in [0.2, 0.25) is 0 Å². The SMILES string of the molecule is C=CC(N)=N/C=C(\C)c1ccc(C2CCC2)c(C=C)c1F. The third-order valence-electron chi connectivity index (χ3n) is 4.00. The Labute approximate surface area is 125 Å². The molecule has 0 amide bonds. The van der Waals surface area contributed by atoms with Crippen LogP contribution in [0, 0.1) is 5.82 Å². The number of hydrogen-bond donors (Lipinski definition) is 1. The second-order valence-corrected chi connectivity index (χ2v) is 5.33. The summed E-state index contributed by atoms with van der Waals surface area (Å²) in [5, 5.41) is 0. The van der Waals surface area contributed by atoms with E-state index in [9.17, 15) is 4.39 Å². The fourth-order valence-corrected chi connectivity index (χ4v) is 2.49. The third kappa shape index (κ3) is 3.13. The number of nitrogens with two attached hydrogens (primary N) is 1. The smallest absolute Gasteiger partial charge is 0.138 e. The van der Waals surface area contributed by atoms with Gasteiger partial charge in [0.05, 0.1) is 0 Å². The number of aliphatic imine (C=N–C) groups is 1. The second-order valence-electron chi connectivity index (χ2n) is 5.33. The van der Waals surface area contributed by atoms with Gasteiger partial charge in [0.15, 0.2) is 0 Å². The number of allylic oxidation sites excluding steroid dienone is 1. The molecule has 1 aliphatic carbocycles. The van der Waals surface area contributed by atoms with Gasteiger partial charge in [-0.3, -0.25) is 0 Å². The lowest BCUT2D eigenvalue weighted by molar-refractivity contribution is 0.417. The van der Waals surface area contributed by atoms with Crippen LogP contribution in [0.5, 0.6) is 0 Å². The predicted molar refractivity (Wildman–Crippen MR) is 88.6 cm³/mol. The van der Waals surface area contributed by atoms with E-state index >= 15 is 0 Å². The summed E-state index contributed by atoms with van der Waals surface area (Å²) in [6.07, 6.45) is 8.11. The second kappa shape index (κ2) is 6.53. The molecule has 0 bridgehead atoms. The predicted octanol–water partition coefficient (Wildman–Crippen LogP) is 4.64. The molecule has 0 aliphatic heterocycles. The maximum atomic E-state index is 14.7. The van der Waals surface area contributed by atoms with Crippen molar-refractivity contribution in [2.45, 2.75) is 32.1 Å². The molecule has 2 N–H and O–H groups in total. The topological polar surface area (TPSA) is 38.4 Å². The summed E-state index contributed by atoms with van der Waals surface area (Å²) in [6.45, 7) is 9.11. The van der Waals surface area contributed by atoms with Crippen molar-refractivity contribution in [3.63, 3.8) is 0 Å². The lowest BCUT2D eigenvalue weighted by Gasteiger charge is -2.28. The molecule has 0 heterocycles. The summed E-state index contributed by atoms with van der Waals surface area (Å²) >= 11 is 0. The Hall–Kier alpha value is -2.16. The molecule has 21 heavy (non-hydrogen) atoms. The Morgan fingerprint density at radius 2 is 2.10 bits per heavy atom. The minimum Gasteiger partial charge on any atom is -0.384 e. The lowest BCUT2D eigenvalue weighted by Crippen LogP contribution is -2.11. The van der Waals surface area contributed by atoms with Crippen LogP contribution in [-0.2, 0) is 0 Å². The van der Waals surface area contributed by atoms with E-state index in [4.69, 9.17) is 5.73 Å². The monoisotopic (exact) mass is 284 g/mol. The molecule has 2 rings (SSSR count). The molecular formula is C18H21FN2. The minimum atomic E-state index is -0.226. The van der Waals surface area contributed by atoms with Crippen molar-refractivity contribution in [1.82, 2.24) is 0 Å². The number of benzene rings is 1. The normalized spacial score (nSPS) is 16.5. The minimum absolute atomic E-state index is 0.226. The molecule has 1 aromatic rings. The average Bonchev–Trinajstić information content (AvgIpc) is 2.43. The van der Waals surface area contributed by atoms with E-state index in [2.05, 4.69) is 18.2 Å². The maximum absolute atomic E-state index is 14.7. The molecule has 1 aromatic carbocycles. The van der Waals surface area contributed by atoms with Crippen molar-refractivity contribution in [3.05, 3.63) is 60.1 Å². The van der Waals surface area contributed by atoms with Crippen molar-refractivity contribution in [1.29, 1.82) is 0 Å². The molecule has 0 radical (unpaired) electrons. The van der Waals surface area contributed by atoms with Gasteiger partial charge >= 0.3 is 0 Å². The number of rotatable bonds is 5. The van der Waals surface area contributed by atoms with E-state index in [-0.39, 0.29) is 5.82 Å². The van der Waals surface area contributed by atoms with Gasteiger partial charge in [0.2, 0.25) is 0 Å². The Kier molecular flexibility index (Phi) is 4.73. The van der Waals surface area contributed by atoms with E-state index in [1.54, 1.807) is 12.3 Å². The first kappa shape index (κ1) is 15.2. The summed E-state index contributed by atoms with van der Waals surface area (Å²) in [5.41, 5.74) is 8.50. The fraction of sp³-hybridized carbons (Fsp3) is 0.278. The highest BCUT2D eigenvalue weighted by molar-refractivity contribution is 5.91. The quantitative estimate of drug-likeness (QED) is 0.621. The van der Waals surface area contributed by atoms with Crippen LogP contribution in [0.1, 0.15) is 48.8 Å². The molecule has 1 saturated carbocycles. The van der Waals surface area contributed by atoms with Gasteiger partial charge in [0.25, 0.3) is 0 Å². The van der Waals surface area contributed by atoms with Crippen molar-refractivity contribution < 1.29 is 4.39 Å². The molecule has 110 valence electrons. The van der Waals surface area contributed by atoms with E-state index in [0.717, 1.165) is 24.0 Å². The molecule has 0 atom stereocenters. The summed E-state index contributed by atoms with van der Waals surface area (Å²) in [6, 6.07) is 3.83. The Morgan fingerprint density at radius 3 is 2.62 bits per heavy atom. The lowest BCUT2D eigenvalue weighted by atomic mass is 9.77. The molecule has 0 spiro atoms. The van der Waals surface area contributed by atoms with Gasteiger partial charge in [-0.1, -0.05) is 37.8 Å². The zero-order valence-electron chi connectivity index (χ0n) is 12.4. The van der Waals surface area contributed by atoms with Crippen LogP contribution in [0.15, 0.2) is 42.6 Å². The first-order valence-corrected chi connectivity index (χ1v) is 7.16. The van der Waals surface area contributed by atoms with E-state index < -0.39 is 0 Å². The van der Waals surface area contributed by atoms with E-state index in [0.29, 0.717) is 22.9 Å². The summed E-state index contributed by atoms with van der Waals surface area (Å²) in [5.74, 6) is 0.556. The standard InChI is InChI=1S/C18H21FN2/c1-4-14-16(13-7-6-8-13)10-9-15(18(14)19)12(3)11-21-17(20)5-2/h4-5,9-11,13H,1-2,6-8H2,3H3,(H2,20,21)/b12-11+. The molecule has 3 heteroatoms. The van der Waals surface area contributed by atoms with Crippen molar-refractivity contribution in [3.8, 4) is 0 Å². The van der Waals surface area contributed by atoms with Crippen LogP contribution >= 0.6 is 0 Å². The van der Waals surface area contributed by atoms with Crippen molar-refractivity contribution in [2.24, 2.45) is 10.7 Å². The molecule has 2 nitrogen and oxygen atoms in total. The molecule has 0 unspecified atom stereocenters. The number of amidine groups is 1. The highest BCUT2D eigenvalue weighted by atomic mass is 19.1. The Balaban J connectivity index is 2.41. The molecule has 0 saturated heterocycles. The zero-order valence-corrected chi connectivity index (χ0v) is 12.4. The largest absolute Gasteiger partial charge is 0.384 e. The maximum Gasteiger partial charge on any atom is 0.138 e. The highest BCUT2D eigenvalue weighted by Gasteiger charge is 2.24. The van der Waals surface area contributed by atoms with Gasteiger partial charge in [0, 0.05) is 17.3 Å². The number of nitrogens with zero attached hydrogens (tertiary/aromatic N) is 1. The van der Waals surface area contributed by atoms with Gasteiger partial charge in [-0.2, -0.15) is 0 Å². The van der Waals surface area contributed by atoms with Gasteiger partial charge in [0.1, 0.15) is 11.7 Å². The highest BCUT2D eigenvalue weighted by Crippen LogP contribution is 2.40. The van der Waals surface area contributed by atoms with Crippen molar-refractivity contribution in [2.75, 3.05) is 0 Å². The molecule has 0 aromatic heterocycles. The van der Waals surface area contributed by atoms with E-state index in [1.807, 2.05) is 19.1 Å². The Morgan fingerprint density at radius 1 is 1.38 bits per heavy atom. The van der Waals surface area contributed by atoms with Crippen molar-refractivity contribution >= 4 is 17.5 Å². The van der Waals surface area contributed by atoms with Crippen LogP contribution in [0.3, 0.4) is 0 Å². The first-order valence-electron chi connectivity index (χ1n) is 7.16. The van der Waals surface area contributed by atoms with E-state index in [1.165, 1.54) is 12.5 Å². The summed E-state index contributed by atoms with van der Waals surface area (Å²) < 4.78 is 14.7. The fourth-order valence-electron chi connectivity index (χ4n) is 2.49. The molecule has 1 fully saturated rings. The summed E-state index contributed by atoms with van der Waals surface area (Å²) in [4.78, 5) is 4.02. The van der Waals surface area contributed by atoms with Gasteiger partial charge in [-0.15, -0.1) is 0 Å². The van der Waals surface area contributed by atoms with Crippen LogP contribution in [0.4, 0.5) is 4.39 Å². The van der Waals surface area contributed by atoms with Gasteiger partial charge in [-0.25, -0.2) is 9.38 Å². The van der Waals surface area contributed by atoms with Crippen LogP contribution < -0.4 is 5.73 Å². The Bertz CT molecular complexity index is 622. The molecule has 1 aliphatic rings. The number of hydrogen-bond acceptors (Lipinski definition) is 1. The summed E-state index contributed by atoms with van der Waals surface area (Å²) in [7, 11) is 0. The molecular weight excluding hydrogens is 263 g/mol. The third-order valence-corrected chi connectivity index (χ3v) is 4.00. The first-order chi connectivity index (χ1) is 10.1.